The van der Waals surface area contributed by atoms with Gasteiger partial charge in [0.1, 0.15) is 6.54 Å². The number of rotatable bonds is 4. The van der Waals surface area contributed by atoms with Gasteiger partial charge in [-0.3, -0.25) is 14.2 Å². The van der Waals surface area contributed by atoms with E-state index in [4.69, 9.17) is 0 Å². The minimum absolute atomic E-state index is 0.181. The van der Waals surface area contributed by atoms with Crippen molar-refractivity contribution < 1.29 is 26.4 Å². The van der Waals surface area contributed by atoms with Crippen LogP contribution in [-0.4, -0.2) is 36.5 Å². The van der Waals surface area contributed by atoms with E-state index in [2.05, 4.69) is 5.10 Å². The van der Waals surface area contributed by atoms with Gasteiger partial charge in [0.15, 0.2) is 0 Å². The summed E-state index contributed by atoms with van der Waals surface area (Å²) in [6, 6.07) is 0. The fraction of sp³-hybridized carbons (Fsp3) is 0.636. The molecule has 0 aliphatic heterocycles. The van der Waals surface area contributed by atoms with Gasteiger partial charge in [-0.2, -0.15) is 18.3 Å². The molecule has 6 nitrogen and oxygen atoms in total. The summed E-state index contributed by atoms with van der Waals surface area (Å²) >= 11 is 0. The summed E-state index contributed by atoms with van der Waals surface area (Å²) in [5.41, 5.74) is 0.731. The van der Waals surface area contributed by atoms with Gasteiger partial charge in [-0.15, -0.1) is 0 Å². The standard InChI is InChI=1S/C11H16F3N3O3S/c1-6(10(18)16-21(4,19)20)9-7(2)15-17(8(9)3)5-11(12,13)14/h6H,5H2,1-4H3,(H,16,18)/t6-/m0/s1. The van der Waals surface area contributed by atoms with Crippen LogP contribution >= 0.6 is 0 Å². The molecule has 0 aliphatic rings. The largest absolute Gasteiger partial charge is 0.408 e. The van der Waals surface area contributed by atoms with Crippen LogP contribution in [0.2, 0.25) is 0 Å². The summed E-state index contributed by atoms with van der Waals surface area (Å²) in [6.07, 6.45) is -3.61. The fourth-order valence-electron chi connectivity index (χ4n) is 2.06. The van der Waals surface area contributed by atoms with Gasteiger partial charge >= 0.3 is 6.18 Å². The Balaban J connectivity index is 3.11. The second-order valence-electron chi connectivity index (χ2n) is 4.82. The van der Waals surface area contributed by atoms with Crippen molar-refractivity contribution in [3.05, 3.63) is 17.0 Å². The summed E-state index contributed by atoms with van der Waals surface area (Å²) in [4.78, 5) is 11.8. The summed E-state index contributed by atoms with van der Waals surface area (Å²) < 4.78 is 61.9. The van der Waals surface area contributed by atoms with Crippen LogP contribution in [0.1, 0.15) is 29.8 Å². The van der Waals surface area contributed by atoms with Gasteiger partial charge in [-0.05, 0) is 20.8 Å². The quantitative estimate of drug-likeness (QED) is 0.902. The first-order chi connectivity index (χ1) is 9.32. The lowest BCUT2D eigenvalue weighted by Gasteiger charge is -2.13. The second kappa shape index (κ2) is 5.66. The molecule has 1 aromatic heterocycles. The molecular formula is C11H16F3N3O3S. The zero-order valence-corrected chi connectivity index (χ0v) is 12.8. The highest BCUT2D eigenvalue weighted by Crippen LogP contribution is 2.26. The number of nitrogens with one attached hydrogen (secondary N) is 1. The van der Waals surface area contributed by atoms with Crippen LogP contribution < -0.4 is 4.72 Å². The molecule has 0 saturated heterocycles. The number of aryl methyl sites for hydroxylation is 1. The lowest BCUT2D eigenvalue weighted by molar-refractivity contribution is -0.143. The number of nitrogens with zero attached hydrogens (tertiary/aromatic N) is 2. The van der Waals surface area contributed by atoms with Crippen LogP contribution in [0.5, 0.6) is 0 Å². The number of hydrogen-bond donors (Lipinski definition) is 1. The summed E-state index contributed by atoms with van der Waals surface area (Å²) in [7, 11) is -3.73. The van der Waals surface area contributed by atoms with E-state index in [9.17, 15) is 26.4 Å². The van der Waals surface area contributed by atoms with Gasteiger partial charge in [0.05, 0.1) is 17.9 Å². The van der Waals surface area contributed by atoms with Crippen LogP contribution in [0, 0.1) is 13.8 Å². The van der Waals surface area contributed by atoms with Gasteiger partial charge in [0.25, 0.3) is 0 Å². The van der Waals surface area contributed by atoms with Gasteiger partial charge in [0.2, 0.25) is 15.9 Å². The van der Waals surface area contributed by atoms with E-state index in [0.717, 1.165) is 10.9 Å². The Kier molecular flexibility index (Phi) is 4.71. The van der Waals surface area contributed by atoms with E-state index < -0.39 is 34.6 Å². The molecule has 0 bridgehead atoms. The van der Waals surface area contributed by atoms with Gasteiger partial charge in [-0.1, -0.05) is 0 Å². The Morgan fingerprint density at radius 1 is 1.38 bits per heavy atom. The number of aromatic nitrogens is 2. The van der Waals surface area contributed by atoms with E-state index in [0.29, 0.717) is 5.56 Å². The Morgan fingerprint density at radius 3 is 2.33 bits per heavy atom. The van der Waals surface area contributed by atoms with Crippen molar-refractivity contribution in [2.24, 2.45) is 0 Å². The Hall–Kier alpha value is -1.58. The van der Waals surface area contributed by atoms with Gasteiger partial charge < -0.3 is 0 Å². The summed E-state index contributed by atoms with van der Waals surface area (Å²) in [6.45, 7) is 3.03. The molecule has 1 N–H and O–H groups in total. The molecule has 0 unspecified atom stereocenters. The van der Waals surface area contributed by atoms with E-state index in [1.807, 2.05) is 0 Å². The molecule has 1 aromatic rings. The van der Waals surface area contributed by atoms with Crippen LogP contribution in [0.3, 0.4) is 0 Å². The van der Waals surface area contributed by atoms with E-state index in [-0.39, 0.29) is 11.4 Å². The molecule has 0 aliphatic carbocycles. The van der Waals surface area contributed by atoms with Crippen molar-refractivity contribution in [2.45, 2.75) is 39.4 Å². The molecule has 0 fully saturated rings. The molecule has 1 amide bonds. The topological polar surface area (TPSA) is 81.1 Å². The number of sulfonamides is 1. The van der Waals surface area contributed by atoms with E-state index >= 15 is 0 Å². The van der Waals surface area contributed by atoms with Crippen molar-refractivity contribution >= 4 is 15.9 Å². The number of carbonyl (C=O) groups is 1. The van der Waals surface area contributed by atoms with Crippen LogP contribution in [0.4, 0.5) is 13.2 Å². The number of carbonyl (C=O) groups excluding carboxylic acids is 1. The smallest absolute Gasteiger partial charge is 0.273 e. The zero-order valence-electron chi connectivity index (χ0n) is 11.9. The summed E-state index contributed by atoms with van der Waals surface area (Å²) in [5, 5.41) is 3.76. The van der Waals surface area contributed by atoms with Crippen molar-refractivity contribution in [3.63, 3.8) is 0 Å². The first-order valence-electron chi connectivity index (χ1n) is 5.94. The lowest BCUT2D eigenvalue weighted by Crippen LogP contribution is -2.33. The molecule has 10 heteroatoms. The Bertz CT molecular complexity index is 650. The molecule has 0 aromatic carbocycles. The average molecular weight is 327 g/mol. The molecule has 120 valence electrons. The van der Waals surface area contributed by atoms with Crippen LogP contribution in [-0.2, 0) is 21.4 Å². The first-order valence-corrected chi connectivity index (χ1v) is 7.83. The minimum atomic E-state index is -4.43. The SMILES string of the molecule is Cc1nn(CC(F)(F)F)c(C)c1[C@H](C)C(=O)NS(C)(=O)=O. The highest BCUT2D eigenvalue weighted by Gasteiger charge is 2.32. The predicted octanol–water partition coefficient (Wildman–Crippen LogP) is 1.24. The van der Waals surface area contributed by atoms with Crippen molar-refractivity contribution in [2.75, 3.05) is 6.26 Å². The molecule has 1 atom stereocenters. The van der Waals surface area contributed by atoms with Crippen molar-refractivity contribution in [3.8, 4) is 0 Å². The highest BCUT2D eigenvalue weighted by atomic mass is 32.2. The summed E-state index contributed by atoms with van der Waals surface area (Å²) in [5.74, 6) is -1.74. The third-order valence-corrected chi connectivity index (χ3v) is 3.45. The predicted molar refractivity (Wildman–Crippen MR) is 69.2 cm³/mol. The van der Waals surface area contributed by atoms with Crippen molar-refractivity contribution in [1.82, 2.24) is 14.5 Å². The third-order valence-electron chi connectivity index (χ3n) is 2.88. The normalized spacial score (nSPS) is 14.0. The average Bonchev–Trinajstić information content (AvgIpc) is 2.48. The van der Waals surface area contributed by atoms with Gasteiger partial charge in [-0.25, -0.2) is 8.42 Å². The molecule has 0 spiro atoms. The fourth-order valence-corrected chi connectivity index (χ4v) is 2.61. The lowest BCUT2D eigenvalue weighted by atomic mass is 9.99. The highest BCUT2D eigenvalue weighted by molar-refractivity contribution is 7.89. The maximum Gasteiger partial charge on any atom is 0.408 e. The molecule has 0 radical (unpaired) electrons. The zero-order chi connectivity index (χ0) is 16.6. The van der Waals surface area contributed by atoms with Crippen molar-refractivity contribution in [1.29, 1.82) is 0 Å². The number of amides is 1. The first kappa shape index (κ1) is 17.5. The van der Waals surface area contributed by atoms with E-state index in [1.54, 1.807) is 4.72 Å². The molecule has 21 heavy (non-hydrogen) atoms. The molecule has 0 saturated carbocycles. The number of halogens is 3. The number of hydrogen-bond acceptors (Lipinski definition) is 4. The number of alkyl halides is 3. The molecule has 1 rings (SSSR count). The third kappa shape index (κ3) is 4.73. The Labute approximate surface area is 120 Å². The maximum atomic E-state index is 12.4. The monoisotopic (exact) mass is 327 g/mol. The Morgan fingerprint density at radius 2 is 1.90 bits per heavy atom. The second-order valence-corrected chi connectivity index (χ2v) is 6.57. The van der Waals surface area contributed by atoms with Crippen LogP contribution in [0.15, 0.2) is 0 Å². The van der Waals surface area contributed by atoms with Gasteiger partial charge in [0, 0.05) is 11.3 Å². The maximum absolute atomic E-state index is 12.4. The molecule has 1 heterocycles. The molecular weight excluding hydrogens is 311 g/mol. The van der Waals surface area contributed by atoms with Crippen LogP contribution in [0.25, 0.3) is 0 Å². The van der Waals surface area contributed by atoms with E-state index in [1.165, 1.54) is 20.8 Å². The minimum Gasteiger partial charge on any atom is -0.273 e.